The van der Waals surface area contributed by atoms with Gasteiger partial charge in [0.25, 0.3) is 0 Å². The van der Waals surface area contributed by atoms with E-state index in [2.05, 4.69) is 33.0 Å². The molecule has 0 fully saturated rings. The normalized spacial score (nSPS) is 11.6. The number of benzene rings is 1. The number of hydrogen-bond donors (Lipinski definition) is 1. The van der Waals surface area contributed by atoms with Crippen molar-refractivity contribution in [2.75, 3.05) is 25.9 Å². The van der Waals surface area contributed by atoms with Crippen LogP contribution in [-0.4, -0.2) is 20.1 Å². The number of quaternary nitrogens is 1. The van der Waals surface area contributed by atoms with Crippen LogP contribution in [-0.2, 0) is 0 Å². The third-order valence-corrected chi connectivity index (χ3v) is 2.91. The molecule has 0 radical (unpaired) electrons. The maximum absolute atomic E-state index is 5.65. The topological polar surface area (TPSA) is 26.0 Å². The van der Waals surface area contributed by atoms with Gasteiger partial charge >= 0.3 is 0 Å². The summed E-state index contributed by atoms with van der Waals surface area (Å²) >= 11 is 0. The van der Waals surface area contributed by atoms with Crippen LogP contribution < -0.4 is 10.2 Å². The van der Waals surface area contributed by atoms with E-state index >= 15 is 0 Å². The number of nitrogens with two attached hydrogens (primary N) is 1. The molecule has 0 aliphatic rings. The first-order valence-electron chi connectivity index (χ1n) is 4.83. The van der Waals surface area contributed by atoms with Crippen LogP contribution in [0.1, 0.15) is 13.8 Å². The van der Waals surface area contributed by atoms with E-state index < -0.39 is 0 Å². The van der Waals surface area contributed by atoms with Crippen molar-refractivity contribution in [1.82, 2.24) is 4.48 Å². The zero-order chi connectivity index (χ0) is 9.90. The van der Waals surface area contributed by atoms with Crippen molar-refractivity contribution in [2.45, 2.75) is 13.8 Å². The third kappa shape index (κ3) is 2.01. The molecule has 0 bridgehead atoms. The monoisotopic (exact) mass is 179 g/mol. The average molecular weight is 179 g/mol. The van der Waals surface area contributed by atoms with Gasteiger partial charge in [-0.2, -0.15) is 0 Å². The van der Waals surface area contributed by atoms with Crippen LogP contribution in [0.25, 0.3) is 0 Å². The Labute approximate surface area is 80.6 Å². The summed E-state index contributed by atoms with van der Waals surface area (Å²) in [7, 11) is 2.24. The molecule has 2 heteroatoms. The van der Waals surface area contributed by atoms with Gasteiger partial charge in [-0.1, -0.05) is 0 Å². The fraction of sp³-hybridized carbons (Fsp3) is 0.455. The van der Waals surface area contributed by atoms with Crippen molar-refractivity contribution in [2.24, 2.45) is 0 Å². The lowest BCUT2D eigenvalue weighted by atomic mass is 10.2. The Morgan fingerprint density at radius 2 is 1.54 bits per heavy atom. The number of hydrogen-bond acceptors (Lipinski definition) is 1. The van der Waals surface area contributed by atoms with Gasteiger partial charge in [-0.25, -0.2) is 0 Å². The van der Waals surface area contributed by atoms with Gasteiger partial charge in [0.2, 0.25) is 0 Å². The highest BCUT2D eigenvalue weighted by Gasteiger charge is 2.19. The van der Waals surface area contributed by atoms with E-state index in [0.29, 0.717) is 0 Å². The Bertz CT molecular complexity index is 260. The molecule has 1 aromatic rings. The second-order valence-corrected chi connectivity index (χ2v) is 3.62. The second-order valence-electron chi connectivity index (χ2n) is 3.62. The molecule has 0 heterocycles. The molecule has 0 saturated carbocycles. The van der Waals surface area contributed by atoms with E-state index in [1.807, 2.05) is 12.1 Å². The fourth-order valence-electron chi connectivity index (χ4n) is 1.42. The molecule has 0 spiro atoms. The van der Waals surface area contributed by atoms with Crippen molar-refractivity contribution >= 4 is 11.4 Å². The number of rotatable bonds is 3. The molecular formula is C11H19N2+. The summed E-state index contributed by atoms with van der Waals surface area (Å²) in [4.78, 5) is 0. The SMILES string of the molecule is CC[N+](C)(CC)c1ccc(N)cc1. The lowest BCUT2D eigenvalue weighted by Crippen LogP contribution is -2.44. The maximum atomic E-state index is 5.65. The average Bonchev–Trinajstić information content (AvgIpc) is 2.18. The van der Waals surface area contributed by atoms with Crippen LogP contribution in [0.3, 0.4) is 0 Å². The molecule has 2 N–H and O–H groups in total. The van der Waals surface area contributed by atoms with E-state index in [-0.39, 0.29) is 0 Å². The van der Waals surface area contributed by atoms with E-state index in [9.17, 15) is 0 Å². The molecule has 0 aromatic heterocycles. The van der Waals surface area contributed by atoms with Crippen molar-refractivity contribution in [1.29, 1.82) is 0 Å². The molecule has 0 amide bonds. The highest BCUT2D eigenvalue weighted by Crippen LogP contribution is 2.21. The fourth-order valence-corrected chi connectivity index (χ4v) is 1.42. The highest BCUT2D eigenvalue weighted by molar-refractivity contribution is 5.50. The van der Waals surface area contributed by atoms with Gasteiger partial charge in [-0.3, -0.25) is 4.48 Å². The van der Waals surface area contributed by atoms with E-state index in [1.54, 1.807) is 0 Å². The highest BCUT2D eigenvalue weighted by atomic mass is 15.3. The Hall–Kier alpha value is -1.02. The summed E-state index contributed by atoms with van der Waals surface area (Å²) in [6.07, 6.45) is 0. The summed E-state index contributed by atoms with van der Waals surface area (Å²) in [5, 5.41) is 0. The van der Waals surface area contributed by atoms with Gasteiger partial charge in [-0.15, -0.1) is 0 Å². The van der Waals surface area contributed by atoms with Gasteiger partial charge in [0, 0.05) is 17.8 Å². The summed E-state index contributed by atoms with van der Waals surface area (Å²) in [5.41, 5.74) is 7.81. The standard InChI is InChI=1S/C11H19N2/c1-4-13(3,5-2)11-8-6-10(12)7-9-11/h6-9H,4-5,12H2,1-3H3/q+1. The van der Waals surface area contributed by atoms with Crippen LogP contribution in [0, 0.1) is 0 Å². The molecule has 0 aliphatic carbocycles. The van der Waals surface area contributed by atoms with Crippen LogP contribution in [0.4, 0.5) is 11.4 Å². The van der Waals surface area contributed by atoms with Crippen LogP contribution >= 0.6 is 0 Å². The molecule has 2 nitrogen and oxygen atoms in total. The lowest BCUT2D eigenvalue weighted by Gasteiger charge is -2.31. The van der Waals surface area contributed by atoms with E-state index in [4.69, 9.17) is 5.73 Å². The molecule has 0 unspecified atom stereocenters. The van der Waals surface area contributed by atoms with Gasteiger partial charge in [0.05, 0.1) is 20.1 Å². The molecule has 1 rings (SSSR count). The van der Waals surface area contributed by atoms with Crippen LogP contribution in [0.5, 0.6) is 0 Å². The number of nitrogens with zero attached hydrogens (tertiary/aromatic N) is 1. The third-order valence-electron chi connectivity index (χ3n) is 2.91. The van der Waals surface area contributed by atoms with Gasteiger partial charge in [0.15, 0.2) is 0 Å². The Balaban J connectivity index is 2.99. The van der Waals surface area contributed by atoms with E-state index in [0.717, 1.165) is 23.3 Å². The second kappa shape index (κ2) is 3.79. The summed E-state index contributed by atoms with van der Waals surface area (Å²) < 4.78 is 0.972. The minimum absolute atomic E-state index is 0.836. The first kappa shape index (κ1) is 10.1. The molecule has 0 saturated heterocycles. The van der Waals surface area contributed by atoms with Crippen molar-refractivity contribution in [3.8, 4) is 0 Å². The largest absolute Gasteiger partial charge is 0.399 e. The summed E-state index contributed by atoms with van der Waals surface area (Å²) in [5.74, 6) is 0. The number of anilines is 1. The predicted octanol–water partition coefficient (Wildman–Crippen LogP) is 2.25. The van der Waals surface area contributed by atoms with Gasteiger partial charge in [0.1, 0.15) is 5.69 Å². The number of nitrogen functional groups attached to an aromatic ring is 1. The first-order valence-corrected chi connectivity index (χ1v) is 4.83. The van der Waals surface area contributed by atoms with E-state index in [1.165, 1.54) is 5.69 Å². The molecule has 72 valence electrons. The Kier molecular flexibility index (Phi) is 2.94. The lowest BCUT2D eigenvalue weighted by molar-refractivity contribution is 0.365. The molecule has 13 heavy (non-hydrogen) atoms. The predicted molar refractivity (Wildman–Crippen MR) is 59.7 cm³/mol. The smallest absolute Gasteiger partial charge is 0.132 e. The zero-order valence-electron chi connectivity index (χ0n) is 8.75. The summed E-state index contributed by atoms with van der Waals surface area (Å²) in [6.45, 7) is 6.64. The zero-order valence-corrected chi connectivity index (χ0v) is 8.75. The Morgan fingerprint density at radius 3 is 1.92 bits per heavy atom. The van der Waals surface area contributed by atoms with Crippen molar-refractivity contribution in [3.05, 3.63) is 24.3 Å². The van der Waals surface area contributed by atoms with Crippen molar-refractivity contribution in [3.63, 3.8) is 0 Å². The molecule has 0 atom stereocenters. The van der Waals surface area contributed by atoms with Crippen LogP contribution in [0.2, 0.25) is 0 Å². The molecule has 0 aliphatic heterocycles. The minimum atomic E-state index is 0.836. The quantitative estimate of drug-likeness (QED) is 0.559. The Morgan fingerprint density at radius 1 is 1.08 bits per heavy atom. The minimum Gasteiger partial charge on any atom is -0.399 e. The van der Waals surface area contributed by atoms with Gasteiger partial charge in [-0.05, 0) is 26.0 Å². The first-order chi connectivity index (χ1) is 6.12. The maximum Gasteiger partial charge on any atom is 0.132 e. The molecule has 1 aromatic carbocycles. The van der Waals surface area contributed by atoms with Crippen LogP contribution in [0.15, 0.2) is 24.3 Å². The van der Waals surface area contributed by atoms with Crippen molar-refractivity contribution < 1.29 is 0 Å². The molecular weight excluding hydrogens is 160 g/mol. The van der Waals surface area contributed by atoms with Gasteiger partial charge < -0.3 is 5.73 Å². The summed E-state index contributed by atoms with van der Waals surface area (Å²) in [6, 6.07) is 8.17.